The Labute approximate surface area is 184 Å². The van der Waals surface area contributed by atoms with Crippen molar-refractivity contribution in [3.63, 3.8) is 0 Å². The zero-order chi connectivity index (χ0) is 22.0. The summed E-state index contributed by atoms with van der Waals surface area (Å²) in [7, 11) is 0. The van der Waals surface area contributed by atoms with E-state index in [4.69, 9.17) is 9.47 Å². The number of aliphatic hydroxyl groups excluding tert-OH is 3. The number of ether oxygens (including phenoxy) is 2. The van der Waals surface area contributed by atoms with Gasteiger partial charge in [-0.3, -0.25) is 0 Å². The van der Waals surface area contributed by atoms with Gasteiger partial charge < -0.3 is 35.2 Å². The second-order valence-electron chi connectivity index (χ2n) is 7.97. The minimum absolute atomic E-state index is 0.354. The number of hydrogen-bond donors (Lipinski definition) is 5. The number of carboxylic acid groups (broad SMARTS) is 1. The maximum atomic E-state index is 11.3. The lowest BCUT2D eigenvalue weighted by molar-refractivity contribution is -0.271. The van der Waals surface area contributed by atoms with Crippen LogP contribution in [0.25, 0.3) is 0 Å². The van der Waals surface area contributed by atoms with E-state index >= 15 is 0 Å². The van der Waals surface area contributed by atoms with Crippen LogP contribution in [0.15, 0.2) is 35.7 Å². The molecule has 1 aliphatic heterocycles. The molecule has 1 aromatic carbocycles. The maximum Gasteiger partial charge on any atom is 0.335 e. The van der Waals surface area contributed by atoms with Crippen molar-refractivity contribution in [2.75, 3.05) is 6.54 Å². The van der Waals surface area contributed by atoms with Crippen molar-refractivity contribution in [3.8, 4) is 5.75 Å². The number of carboxylic acids is 1. The Balaban J connectivity index is 1.40. The van der Waals surface area contributed by atoms with Crippen LogP contribution in [0.1, 0.15) is 22.4 Å². The van der Waals surface area contributed by atoms with Gasteiger partial charge in [0.1, 0.15) is 24.1 Å². The normalized spacial score (nSPS) is 30.5. The number of aliphatic hydroxyl groups is 3. The van der Waals surface area contributed by atoms with Crippen molar-refractivity contribution in [3.05, 3.63) is 51.7 Å². The topological polar surface area (TPSA) is 128 Å². The highest BCUT2D eigenvalue weighted by Crippen LogP contribution is 2.32. The predicted molar refractivity (Wildman–Crippen MR) is 113 cm³/mol. The number of benzene rings is 1. The molecule has 0 spiro atoms. The smallest absolute Gasteiger partial charge is 0.335 e. The standard InChI is InChI=1S/C22H27NO7S/c24-17-18(25)20(21(27)28)30-22(19(17)26)29-16-5-1-3-12-11-13(6-7-15(12)16)23-9-8-14-4-2-10-31-14/h1-5,10,13,17-20,22-26H,6-9,11H2,(H,27,28)/t13-,17-,18-,19+,20-,22+/m0/s1. The van der Waals surface area contributed by atoms with E-state index in [1.54, 1.807) is 17.4 Å². The molecule has 1 aliphatic carbocycles. The minimum atomic E-state index is -1.74. The molecule has 0 amide bonds. The molecule has 2 aromatic rings. The summed E-state index contributed by atoms with van der Waals surface area (Å²) in [5.41, 5.74) is 2.11. The first-order chi connectivity index (χ1) is 14.9. The number of rotatable bonds is 7. The first kappa shape index (κ1) is 22.2. The Morgan fingerprint density at radius 3 is 2.74 bits per heavy atom. The van der Waals surface area contributed by atoms with Crippen molar-refractivity contribution >= 4 is 17.3 Å². The third-order valence-electron chi connectivity index (χ3n) is 5.88. The van der Waals surface area contributed by atoms with Crippen LogP contribution in [0.4, 0.5) is 0 Å². The molecular formula is C22H27NO7S. The largest absolute Gasteiger partial charge is 0.479 e. The molecule has 8 nitrogen and oxygen atoms in total. The number of hydrogen-bond acceptors (Lipinski definition) is 8. The Bertz CT molecular complexity index is 890. The van der Waals surface area contributed by atoms with Crippen LogP contribution in [0.3, 0.4) is 0 Å². The molecule has 0 unspecified atom stereocenters. The summed E-state index contributed by atoms with van der Waals surface area (Å²) in [5.74, 6) is -0.940. The van der Waals surface area contributed by atoms with Gasteiger partial charge in [-0.05, 0) is 54.3 Å². The molecule has 0 saturated carbocycles. The Hall–Kier alpha value is -2.01. The number of aliphatic carboxylic acids is 1. The summed E-state index contributed by atoms with van der Waals surface area (Å²) >= 11 is 1.76. The fourth-order valence-electron chi connectivity index (χ4n) is 4.19. The van der Waals surface area contributed by atoms with Crippen LogP contribution in [0.5, 0.6) is 5.75 Å². The van der Waals surface area contributed by atoms with E-state index in [0.717, 1.165) is 43.4 Å². The highest BCUT2D eigenvalue weighted by molar-refractivity contribution is 7.09. The summed E-state index contributed by atoms with van der Waals surface area (Å²) in [4.78, 5) is 12.7. The molecule has 0 bridgehead atoms. The Morgan fingerprint density at radius 1 is 1.16 bits per heavy atom. The summed E-state index contributed by atoms with van der Waals surface area (Å²) in [6.45, 7) is 0.912. The van der Waals surface area contributed by atoms with E-state index < -0.39 is 36.7 Å². The zero-order valence-electron chi connectivity index (χ0n) is 16.9. The SMILES string of the molecule is O=C(O)[C@H]1O[C@@H](Oc2cccc3c2CC[C@H](NCCc2cccs2)C3)[C@H](O)[C@@H](O)[C@@H]1O. The molecule has 1 fully saturated rings. The average molecular weight is 450 g/mol. The van der Waals surface area contributed by atoms with Gasteiger partial charge in [0.25, 0.3) is 0 Å². The molecule has 4 rings (SSSR count). The van der Waals surface area contributed by atoms with Crippen molar-refractivity contribution in [1.82, 2.24) is 5.32 Å². The second kappa shape index (κ2) is 9.64. The molecule has 9 heteroatoms. The molecule has 0 radical (unpaired) electrons. The van der Waals surface area contributed by atoms with Crippen LogP contribution in [0, 0.1) is 0 Å². The number of nitrogens with one attached hydrogen (secondary N) is 1. The van der Waals surface area contributed by atoms with Crippen LogP contribution >= 0.6 is 11.3 Å². The molecule has 168 valence electrons. The molecule has 6 atom stereocenters. The predicted octanol–water partition coefficient (Wildman–Crippen LogP) is 0.709. The molecule has 5 N–H and O–H groups in total. The number of thiophene rings is 1. The Kier molecular flexibility index (Phi) is 6.90. The van der Waals surface area contributed by atoms with Crippen LogP contribution in [-0.4, -0.2) is 69.7 Å². The molecule has 1 saturated heterocycles. The van der Waals surface area contributed by atoms with Crippen LogP contribution in [0.2, 0.25) is 0 Å². The fourth-order valence-corrected chi connectivity index (χ4v) is 4.89. The maximum absolute atomic E-state index is 11.3. The van der Waals surface area contributed by atoms with Crippen molar-refractivity contribution in [2.45, 2.75) is 62.4 Å². The van der Waals surface area contributed by atoms with Crippen LogP contribution in [-0.2, 0) is 28.8 Å². The summed E-state index contributed by atoms with van der Waals surface area (Å²) in [5, 5.41) is 45.0. The first-order valence-corrected chi connectivity index (χ1v) is 11.3. The third kappa shape index (κ3) is 4.92. The minimum Gasteiger partial charge on any atom is -0.479 e. The van der Waals surface area contributed by atoms with Crippen molar-refractivity contribution in [2.24, 2.45) is 0 Å². The molecule has 1 aromatic heterocycles. The van der Waals surface area contributed by atoms with Gasteiger partial charge in [-0.25, -0.2) is 4.79 Å². The van der Waals surface area contributed by atoms with E-state index in [-0.39, 0.29) is 0 Å². The molecule has 2 heterocycles. The third-order valence-corrected chi connectivity index (χ3v) is 6.82. The Morgan fingerprint density at radius 2 is 2.00 bits per heavy atom. The van der Waals surface area contributed by atoms with Crippen molar-refractivity contribution in [1.29, 1.82) is 0 Å². The van der Waals surface area contributed by atoms with Gasteiger partial charge in [0.15, 0.2) is 6.10 Å². The lowest BCUT2D eigenvalue weighted by Crippen LogP contribution is -2.61. The lowest BCUT2D eigenvalue weighted by Gasteiger charge is -2.39. The van der Waals surface area contributed by atoms with Crippen LogP contribution < -0.4 is 10.1 Å². The van der Waals surface area contributed by atoms with Crippen molar-refractivity contribution < 1.29 is 34.7 Å². The van der Waals surface area contributed by atoms with E-state index in [2.05, 4.69) is 22.8 Å². The quantitative estimate of drug-likeness (QED) is 0.418. The summed E-state index contributed by atoms with van der Waals surface area (Å²) in [6, 6.07) is 10.2. The van der Waals surface area contributed by atoms with E-state index in [1.165, 1.54) is 4.88 Å². The number of carbonyl (C=O) groups is 1. The van der Waals surface area contributed by atoms with E-state index in [1.807, 2.05) is 12.1 Å². The van der Waals surface area contributed by atoms with Gasteiger partial charge in [0.05, 0.1) is 0 Å². The zero-order valence-corrected chi connectivity index (χ0v) is 17.7. The molecule has 2 aliphatic rings. The highest BCUT2D eigenvalue weighted by atomic mass is 32.1. The van der Waals surface area contributed by atoms with Gasteiger partial charge >= 0.3 is 5.97 Å². The summed E-state index contributed by atoms with van der Waals surface area (Å²) in [6.07, 6.45) is -4.55. The fraction of sp³-hybridized carbons (Fsp3) is 0.500. The second-order valence-corrected chi connectivity index (χ2v) is 9.00. The van der Waals surface area contributed by atoms with E-state index in [9.17, 15) is 25.2 Å². The van der Waals surface area contributed by atoms with Gasteiger partial charge in [0, 0.05) is 17.5 Å². The van der Waals surface area contributed by atoms with E-state index in [0.29, 0.717) is 11.8 Å². The van der Waals surface area contributed by atoms with Gasteiger partial charge in [0.2, 0.25) is 6.29 Å². The van der Waals surface area contributed by atoms with Gasteiger partial charge in [-0.1, -0.05) is 18.2 Å². The average Bonchev–Trinajstić information content (AvgIpc) is 3.27. The van der Waals surface area contributed by atoms with Gasteiger partial charge in [-0.15, -0.1) is 11.3 Å². The highest BCUT2D eigenvalue weighted by Gasteiger charge is 2.48. The first-order valence-electron chi connectivity index (χ1n) is 10.4. The molecule has 31 heavy (non-hydrogen) atoms. The summed E-state index contributed by atoms with van der Waals surface area (Å²) < 4.78 is 11.1. The number of fused-ring (bicyclic) bond motifs is 1. The monoisotopic (exact) mass is 449 g/mol. The van der Waals surface area contributed by atoms with Gasteiger partial charge in [-0.2, -0.15) is 0 Å². The lowest BCUT2D eigenvalue weighted by atomic mass is 9.87. The molecular weight excluding hydrogens is 422 g/mol.